The summed E-state index contributed by atoms with van der Waals surface area (Å²) in [5, 5.41) is 3.44. The van der Waals surface area contributed by atoms with Gasteiger partial charge in [0.1, 0.15) is 12.3 Å². The number of aromatic nitrogens is 1. The number of nitrogens with zero attached hydrogens (tertiary/aromatic N) is 1. The fraction of sp³-hybridized carbons (Fsp3) is 0.125. The van der Waals surface area contributed by atoms with Gasteiger partial charge < -0.3 is 14.6 Å². The molecule has 1 aromatic heterocycles. The summed E-state index contributed by atoms with van der Waals surface area (Å²) in [5.41, 5.74) is 2.23. The normalized spacial score (nSPS) is 11.4. The fourth-order valence-corrected chi connectivity index (χ4v) is 5.05. The predicted octanol–water partition coefficient (Wildman–Crippen LogP) is 4.43. The second-order valence-corrected chi connectivity index (χ2v) is 9.12. The Balaban J connectivity index is 1.70. The Labute approximate surface area is 181 Å². The minimum atomic E-state index is -3.73. The van der Waals surface area contributed by atoms with Crippen LogP contribution in [0.4, 0.5) is 5.69 Å². The van der Waals surface area contributed by atoms with Gasteiger partial charge in [-0.25, -0.2) is 8.42 Å². The Hall–Kier alpha value is -3.58. The van der Waals surface area contributed by atoms with Crippen LogP contribution in [0.15, 0.2) is 88.8 Å². The number of fused-ring (bicyclic) bond motifs is 1. The first kappa shape index (κ1) is 20.7. The third kappa shape index (κ3) is 4.04. The summed E-state index contributed by atoms with van der Waals surface area (Å²) >= 11 is 0. The molecule has 0 spiro atoms. The maximum Gasteiger partial charge on any atom is 0.244 e. The molecule has 0 fully saturated rings. The average molecular weight is 435 g/mol. The van der Waals surface area contributed by atoms with E-state index in [4.69, 9.17) is 4.74 Å². The van der Waals surface area contributed by atoms with Gasteiger partial charge in [-0.1, -0.05) is 42.5 Å². The summed E-state index contributed by atoms with van der Waals surface area (Å²) in [7, 11) is -2.19. The molecule has 0 atom stereocenters. The molecule has 4 rings (SSSR count). The van der Waals surface area contributed by atoms with Gasteiger partial charge in [0.2, 0.25) is 15.7 Å². The summed E-state index contributed by atoms with van der Waals surface area (Å²) in [6, 6.07) is 21.0. The van der Waals surface area contributed by atoms with Crippen LogP contribution in [0.3, 0.4) is 0 Å². The number of hydrogen-bond acceptors (Lipinski definition) is 4. The van der Waals surface area contributed by atoms with E-state index in [1.54, 1.807) is 66.3 Å². The Bertz CT molecular complexity index is 1360. The molecule has 4 aromatic rings. The standard InChI is InChI=1S/C24H22N2O4S/c1-17-12-13-22(30-2)20(14-17)25-24(27)16-26-15-23(19-10-6-7-11-21(19)26)31(28,29)18-8-4-3-5-9-18/h3-15H,16H2,1-2H3,(H,25,27). The molecule has 7 heteroatoms. The van der Waals surface area contributed by atoms with E-state index in [1.165, 1.54) is 6.20 Å². The van der Waals surface area contributed by atoms with Crippen molar-refractivity contribution in [3.8, 4) is 5.75 Å². The molecule has 0 bridgehead atoms. The van der Waals surface area contributed by atoms with Crippen molar-refractivity contribution < 1.29 is 17.9 Å². The number of carbonyl (C=O) groups is 1. The number of methoxy groups -OCH3 is 1. The van der Waals surface area contributed by atoms with Crippen LogP contribution in [0.25, 0.3) is 10.9 Å². The average Bonchev–Trinajstić information content (AvgIpc) is 3.14. The number of aryl methyl sites for hydroxylation is 1. The number of benzene rings is 3. The van der Waals surface area contributed by atoms with Gasteiger partial charge in [0.15, 0.2) is 0 Å². The smallest absolute Gasteiger partial charge is 0.244 e. The maximum atomic E-state index is 13.2. The minimum absolute atomic E-state index is 0.0398. The van der Waals surface area contributed by atoms with E-state index in [1.807, 2.05) is 25.1 Å². The third-order valence-corrected chi connectivity index (χ3v) is 6.84. The van der Waals surface area contributed by atoms with E-state index in [2.05, 4.69) is 5.32 Å². The zero-order valence-corrected chi connectivity index (χ0v) is 18.0. The van der Waals surface area contributed by atoms with Gasteiger partial charge >= 0.3 is 0 Å². The highest BCUT2D eigenvalue weighted by Crippen LogP contribution is 2.30. The molecule has 0 radical (unpaired) electrons. The van der Waals surface area contributed by atoms with Crippen molar-refractivity contribution in [1.82, 2.24) is 4.57 Å². The first-order chi connectivity index (χ1) is 14.9. The molecule has 0 aliphatic heterocycles. The second kappa shape index (κ2) is 8.28. The zero-order valence-electron chi connectivity index (χ0n) is 17.2. The Morgan fingerprint density at radius 1 is 1.00 bits per heavy atom. The number of nitrogens with one attached hydrogen (secondary N) is 1. The summed E-state index contributed by atoms with van der Waals surface area (Å²) in [4.78, 5) is 13.2. The number of hydrogen-bond donors (Lipinski definition) is 1. The number of rotatable bonds is 6. The summed E-state index contributed by atoms with van der Waals surface area (Å²) in [5.74, 6) is 0.275. The molecular weight excluding hydrogens is 412 g/mol. The SMILES string of the molecule is COc1ccc(C)cc1NC(=O)Cn1cc(S(=O)(=O)c2ccccc2)c2ccccc21. The molecule has 3 aromatic carbocycles. The number of anilines is 1. The minimum Gasteiger partial charge on any atom is -0.495 e. The third-order valence-electron chi connectivity index (χ3n) is 5.04. The molecule has 1 N–H and O–H groups in total. The van der Waals surface area contributed by atoms with Gasteiger partial charge in [0, 0.05) is 17.1 Å². The summed E-state index contributed by atoms with van der Waals surface area (Å²) < 4.78 is 33.4. The quantitative estimate of drug-likeness (QED) is 0.487. The van der Waals surface area contributed by atoms with Crippen molar-refractivity contribution in [3.05, 3.63) is 84.6 Å². The van der Waals surface area contributed by atoms with Crippen LogP contribution in [-0.2, 0) is 21.2 Å². The number of carbonyl (C=O) groups excluding carboxylic acids is 1. The molecule has 6 nitrogen and oxygen atoms in total. The lowest BCUT2D eigenvalue weighted by Gasteiger charge is -2.12. The number of amides is 1. The van der Waals surface area contributed by atoms with Crippen LogP contribution < -0.4 is 10.1 Å². The molecule has 0 aliphatic carbocycles. The van der Waals surface area contributed by atoms with Crippen LogP contribution in [0.1, 0.15) is 5.56 Å². The van der Waals surface area contributed by atoms with Crippen molar-refractivity contribution in [2.24, 2.45) is 0 Å². The highest BCUT2D eigenvalue weighted by Gasteiger charge is 2.23. The monoisotopic (exact) mass is 434 g/mol. The first-order valence-electron chi connectivity index (χ1n) is 9.72. The lowest BCUT2D eigenvalue weighted by Crippen LogP contribution is -2.18. The number of ether oxygens (including phenoxy) is 1. The molecule has 0 saturated carbocycles. The number of para-hydroxylation sites is 1. The van der Waals surface area contributed by atoms with Crippen molar-refractivity contribution in [2.75, 3.05) is 12.4 Å². The topological polar surface area (TPSA) is 77.4 Å². The molecule has 0 saturated heterocycles. The zero-order chi connectivity index (χ0) is 22.0. The lowest BCUT2D eigenvalue weighted by molar-refractivity contribution is -0.116. The highest BCUT2D eigenvalue weighted by atomic mass is 32.2. The van der Waals surface area contributed by atoms with Crippen LogP contribution in [0.5, 0.6) is 5.75 Å². The largest absolute Gasteiger partial charge is 0.495 e. The van der Waals surface area contributed by atoms with E-state index in [0.29, 0.717) is 22.3 Å². The molecule has 1 heterocycles. The van der Waals surface area contributed by atoms with Gasteiger partial charge in [-0.2, -0.15) is 0 Å². The van der Waals surface area contributed by atoms with Gasteiger partial charge in [-0.3, -0.25) is 4.79 Å². The molecule has 0 unspecified atom stereocenters. The second-order valence-electron chi connectivity index (χ2n) is 7.21. The lowest BCUT2D eigenvalue weighted by atomic mass is 10.2. The van der Waals surface area contributed by atoms with Crippen molar-refractivity contribution in [1.29, 1.82) is 0 Å². The van der Waals surface area contributed by atoms with E-state index in [-0.39, 0.29) is 22.2 Å². The first-order valence-corrected chi connectivity index (χ1v) is 11.2. The van der Waals surface area contributed by atoms with Crippen molar-refractivity contribution in [3.63, 3.8) is 0 Å². The van der Waals surface area contributed by atoms with Crippen LogP contribution in [0.2, 0.25) is 0 Å². The van der Waals surface area contributed by atoms with Crippen molar-refractivity contribution in [2.45, 2.75) is 23.3 Å². The molecule has 1 amide bonds. The van der Waals surface area contributed by atoms with Crippen molar-refractivity contribution >= 4 is 32.3 Å². The van der Waals surface area contributed by atoms with Crippen LogP contribution in [0, 0.1) is 6.92 Å². The Morgan fingerprint density at radius 3 is 2.45 bits per heavy atom. The predicted molar refractivity (Wildman–Crippen MR) is 120 cm³/mol. The van der Waals surface area contributed by atoms with E-state index in [9.17, 15) is 13.2 Å². The van der Waals surface area contributed by atoms with E-state index in [0.717, 1.165) is 5.56 Å². The summed E-state index contributed by atoms with van der Waals surface area (Å²) in [6.45, 7) is 1.89. The molecule has 158 valence electrons. The fourth-order valence-electron chi connectivity index (χ4n) is 3.55. The van der Waals surface area contributed by atoms with Gasteiger partial charge in [0.05, 0.1) is 22.6 Å². The Kier molecular flexibility index (Phi) is 5.52. The summed E-state index contributed by atoms with van der Waals surface area (Å²) in [6.07, 6.45) is 1.53. The van der Waals surface area contributed by atoms with Gasteiger partial charge in [0.25, 0.3) is 0 Å². The Morgan fingerprint density at radius 2 is 1.71 bits per heavy atom. The molecule has 31 heavy (non-hydrogen) atoms. The highest BCUT2D eigenvalue weighted by molar-refractivity contribution is 7.91. The van der Waals surface area contributed by atoms with Gasteiger partial charge in [-0.05, 0) is 42.8 Å². The molecular formula is C24H22N2O4S. The number of sulfone groups is 1. The van der Waals surface area contributed by atoms with E-state index < -0.39 is 9.84 Å². The maximum absolute atomic E-state index is 13.2. The van der Waals surface area contributed by atoms with Crippen LogP contribution >= 0.6 is 0 Å². The van der Waals surface area contributed by atoms with Crippen LogP contribution in [-0.4, -0.2) is 26.0 Å². The molecule has 0 aliphatic rings. The van der Waals surface area contributed by atoms with E-state index >= 15 is 0 Å². The van der Waals surface area contributed by atoms with Gasteiger partial charge in [-0.15, -0.1) is 0 Å².